The fourth-order valence-electron chi connectivity index (χ4n) is 2.71. The number of nitrogens with zero attached hydrogens (tertiary/aromatic N) is 5. The van der Waals surface area contributed by atoms with E-state index in [9.17, 15) is 13.2 Å². The Hall–Kier alpha value is -2.88. The molecule has 0 bridgehead atoms. The molecule has 2 aromatic heterocycles. The molecule has 0 N–H and O–H groups in total. The van der Waals surface area contributed by atoms with Crippen LogP contribution in [0.25, 0.3) is 11.6 Å². The smallest absolute Gasteiger partial charge is 0.417 e. The Balaban J connectivity index is 1.39. The van der Waals surface area contributed by atoms with E-state index in [4.69, 9.17) is 20.8 Å². The van der Waals surface area contributed by atoms with E-state index in [0.717, 1.165) is 6.07 Å². The van der Waals surface area contributed by atoms with Gasteiger partial charge in [0.2, 0.25) is 5.89 Å². The Morgan fingerprint density at radius 1 is 1.11 bits per heavy atom. The van der Waals surface area contributed by atoms with Crippen LogP contribution in [0.2, 0.25) is 5.02 Å². The summed E-state index contributed by atoms with van der Waals surface area (Å²) in [5.41, 5.74) is -0.464. The molecule has 1 fully saturated rings. The number of rotatable bonds is 4. The molecule has 146 valence electrons. The van der Waals surface area contributed by atoms with E-state index in [1.54, 1.807) is 19.1 Å². The van der Waals surface area contributed by atoms with E-state index in [2.05, 4.69) is 20.4 Å². The molecular formula is C17H13ClF3N5O2. The lowest BCUT2D eigenvalue weighted by Gasteiger charge is -2.39. The highest BCUT2D eigenvalue weighted by Gasteiger charge is 2.36. The van der Waals surface area contributed by atoms with Gasteiger partial charge in [0.05, 0.1) is 23.7 Å². The fraction of sp³-hybridized carbons (Fsp3) is 0.294. The summed E-state index contributed by atoms with van der Waals surface area (Å²) in [6.45, 7) is 2.57. The molecular weight excluding hydrogens is 399 g/mol. The minimum atomic E-state index is -4.53. The van der Waals surface area contributed by atoms with Gasteiger partial charge in [-0.2, -0.15) is 13.2 Å². The summed E-state index contributed by atoms with van der Waals surface area (Å²) < 4.78 is 49.7. The van der Waals surface area contributed by atoms with Gasteiger partial charge >= 0.3 is 6.18 Å². The Bertz CT molecular complexity index is 987. The van der Waals surface area contributed by atoms with Crippen LogP contribution in [0, 0.1) is 6.92 Å². The van der Waals surface area contributed by atoms with Crippen molar-refractivity contribution in [3.05, 3.63) is 46.8 Å². The first-order valence-electron chi connectivity index (χ1n) is 8.23. The summed E-state index contributed by atoms with van der Waals surface area (Å²) in [4.78, 5) is 1.88. The van der Waals surface area contributed by atoms with E-state index in [1.807, 2.05) is 4.90 Å². The first-order chi connectivity index (χ1) is 13.3. The van der Waals surface area contributed by atoms with Crippen LogP contribution in [0.15, 0.2) is 34.7 Å². The first kappa shape index (κ1) is 18.5. The second-order valence-corrected chi connectivity index (χ2v) is 6.54. The molecule has 0 amide bonds. The third-order valence-corrected chi connectivity index (χ3v) is 4.52. The average Bonchev–Trinajstić information content (AvgIpc) is 3.04. The van der Waals surface area contributed by atoms with Crippen molar-refractivity contribution in [3.63, 3.8) is 0 Å². The minimum Gasteiger partial charge on any atom is -0.485 e. The van der Waals surface area contributed by atoms with Gasteiger partial charge in [0.25, 0.3) is 5.89 Å². The Morgan fingerprint density at radius 3 is 2.50 bits per heavy atom. The van der Waals surface area contributed by atoms with Gasteiger partial charge in [-0.25, -0.2) is 0 Å². The molecule has 1 aliphatic rings. The van der Waals surface area contributed by atoms with Gasteiger partial charge < -0.3 is 14.1 Å². The van der Waals surface area contributed by atoms with Crippen molar-refractivity contribution in [2.45, 2.75) is 19.2 Å². The number of hydrogen-bond acceptors (Lipinski definition) is 7. The molecule has 1 aliphatic heterocycles. The van der Waals surface area contributed by atoms with Crippen LogP contribution in [-0.2, 0) is 6.18 Å². The van der Waals surface area contributed by atoms with Crippen molar-refractivity contribution in [3.8, 4) is 17.3 Å². The predicted molar refractivity (Wildman–Crippen MR) is 93.1 cm³/mol. The van der Waals surface area contributed by atoms with Crippen LogP contribution in [0.1, 0.15) is 11.5 Å². The monoisotopic (exact) mass is 411 g/mol. The summed E-state index contributed by atoms with van der Waals surface area (Å²) >= 11 is 5.85. The van der Waals surface area contributed by atoms with Gasteiger partial charge in [-0.1, -0.05) is 17.7 Å². The first-order valence-corrected chi connectivity index (χ1v) is 8.60. The van der Waals surface area contributed by atoms with Crippen LogP contribution in [0.4, 0.5) is 19.0 Å². The summed E-state index contributed by atoms with van der Waals surface area (Å²) in [7, 11) is 0. The van der Waals surface area contributed by atoms with Crippen LogP contribution in [-0.4, -0.2) is 39.6 Å². The number of halogens is 4. The third-order valence-electron chi connectivity index (χ3n) is 4.13. The normalized spacial score (nSPS) is 14.8. The number of alkyl halides is 3. The molecule has 4 rings (SSSR count). The lowest BCUT2D eigenvalue weighted by molar-refractivity contribution is -0.137. The highest BCUT2D eigenvalue weighted by atomic mass is 35.5. The van der Waals surface area contributed by atoms with Crippen molar-refractivity contribution < 1.29 is 22.3 Å². The maximum absolute atomic E-state index is 12.9. The van der Waals surface area contributed by atoms with E-state index >= 15 is 0 Å². The molecule has 0 unspecified atom stereocenters. The van der Waals surface area contributed by atoms with Crippen LogP contribution in [0.3, 0.4) is 0 Å². The van der Waals surface area contributed by atoms with Crippen LogP contribution < -0.4 is 9.64 Å². The maximum atomic E-state index is 12.9. The summed E-state index contributed by atoms with van der Waals surface area (Å²) in [5.74, 6) is 1.32. The van der Waals surface area contributed by atoms with Crippen molar-refractivity contribution in [2.75, 3.05) is 18.0 Å². The highest BCUT2D eigenvalue weighted by Crippen LogP contribution is 2.40. The SMILES string of the molecule is Cc1nnc(-c2ccc(N3CC(Oc4cccc(C(F)(F)F)c4Cl)C3)nn2)o1. The van der Waals surface area contributed by atoms with E-state index in [1.165, 1.54) is 12.1 Å². The Kier molecular flexibility index (Phi) is 4.58. The van der Waals surface area contributed by atoms with Crippen LogP contribution >= 0.6 is 11.6 Å². The minimum absolute atomic E-state index is 0.00865. The largest absolute Gasteiger partial charge is 0.485 e. The molecule has 7 nitrogen and oxygen atoms in total. The van der Waals surface area contributed by atoms with Crippen molar-refractivity contribution in [2.24, 2.45) is 0 Å². The second-order valence-electron chi connectivity index (χ2n) is 6.16. The summed E-state index contributed by atoms with van der Waals surface area (Å²) in [6.07, 6.45) is -4.84. The Labute approximate surface area is 162 Å². The molecule has 0 aliphatic carbocycles. The van der Waals surface area contributed by atoms with Gasteiger partial charge in [0.1, 0.15) is 17.5 Å². The van der Waals surface area contributed by atoms with Crippen molar-refractivity contribution >= 4 is 17.4 Å². The Morgan fingerprint density at radius 2 is 1.89 bits per heavy atom. The lowest BCUT2D eigenvalue weighted by Crippen LogP contribution is -2.54. The van der Waals surface area contributed by atoms with E-state index in [-0.39, 0.29) is 17.7 Å². The molecule has 0 saturated carbocycles. The molecule has 3 aromatic rings. The van der Waals surface area contributed by atoms with Gasteiger partial charge in [-0.3, -0.25) is 0 Å². The zero-order chi connectivity index (χ0) is 19.9. The van der Waals surface area contributed by atoms with Gasteiger partial charge in [0.15, 0.2) is 5.82 Å². The molecule has 28 heavy (non-hydrogen) atoms. The van der Waals surface area contributed by atoms with Gasteiger partial charge in [-0.05, 0) is 24.3 Å². The molecule has 1 saturated heterocycles. The summed E-state index contributed by atoms with van der Waals surface area (Å²) in [6, 6.07) is 7.05. The highest BCUT2D eigenvalue weighted by molar-refractivity contribution is 6.32. The third kappa shape index (κ3) is 3.59. The second kappa shape index (κ2) is 6.93. The number of benzene rings is 1. The van der Waals surface area contributed by atoms with Crippen molar-refractivity contribution in [1.82, 2.24) is 20.4 Å². The maximum Gasteiger partial charge on any atom is 0.417 e. The number of ether oxygens (including phenoxy) is 1. The van der Waals surface area contributed by atoms with Gasteiger partial charge in [0, 0.05) is 6.92 Å². The zero-order valence-electron chi connectivity index (χ0n) is 14.4. The fourth-order valence-corrected chi connectivity index (χ4v) is 2.99. The van der Waals surface area contributed by atoms with Crippen molar-refractivity contribution in [1.29, 1.82) is 0 Å². The average molecular weight is 412 g/mol. The number of aryl methyl sites for hydroxylation is 1. The van der Waals surface area contributed by atoms with E-state index in [0.29, 0.717) is 30.5 Å². The predicted octanol–water partition coefficient (Wildman–Crippen LogP) is 3.77. The van der Waals surface area contributed by atoms with Gasteiger partial charge in [-0.15, -0.1) is 20.4 Å². The molecule has 1 aromatic carbocycles. The standard InChI is InChI=1S/C17H13ClF3N5O2/c1-9-22-25-16(27-9)12-5-6-14(24-23-12)26-7-10(8-26)28-13-4-2-3-11(15(13)18)17(19,20)21/h2-6,10H,7-8H2,1H3. The lowest BCUT2D eigenvalue weighted by atomic mass is 10.1. The molecule has 0 radical (unpaired) electrons. The number of hydrogen-bond donors (Lipinski definition) is 0. The molecule has 0 spiro atoms. The molecule has 3 heterocycles. The summed E-state index contributed by atoms with van der Waals surface area (Å²) in [5, 5.41) is 15.3. The zero-order valence-corrected chi connectivity index (χ0v) is 15.2. The van der Waals surface area contributed by atoms with E-state index < -0.39 is 16.8 Å². The number of anilines is 1. The van der Waals surface area contributed by atoms with Crippen LogP contribution in [0.5, 0.6) is 5.75 Å². The topological polar surface area (TPSA) is 77.2 Å². The quantitative estimate of drug-likeness (QED) is 0.646. The number of aromatic nitrogens is 4. The molecule has 11 heteroatoms. The molecule has 0 atom stereocenters.